The molecule has 1 atom stereocenters. The van der Waals surface area contributed by atoms with Gasteiger partial charge < -0.3 is 5.32 Å². The molecule has 1 heterocycles. The molecular formula is C12H15ClN2O5S2. The quantitative estimate of drug-likeness (QED) is 0.757. The topological polar surface area (TPSA) is 109 Å². The first-order valence-corrected chi connectivity index (χ1v) is 10.1. The minimum Gasteiger partial charge on any atom is -0.351 e. The fourth-order valence-electron chi connectivity index (χ4n) is 2.07. The third-order valence-electron chi connectivity index (χ3n) is 3.13. The van der Waals surface area contributed by atoms with Crippen LogP contribution in [-0.4, -0.2) is 46.8 Å². The summed E-state index contributed by atoms with van der Waals surface area (Å²) in [4.78, 5) is 11.7. The van der Waals surface area contributed by atoms with Crippen LogP contribution in [-0.2, 0) is 24.7 Å². The number of sulfonamides is 1. The molecule has 0 saturated carbocycles. The number of carbonyl (C=O) groups is 1. The molecule has 0 bridgehead atoms. The minimum absolute atomic E-state index is 0.0339. The summed E-state index contributed by atoms with van der Waals surface area (Å²) in [6.45, 7) is -0.467. The van der Waals surface area contributed by atoms with Gasteiger partial charge in [0.15, 0.2) is 9.84 Å². The number of carbonyl (C=O) groups excluding carboxylic acids is 1. The van der Waals surface area contributed by atoms with Crippen molar-refractivity contribution in [1.82, 2.24) is 10.0 Å². The maximum absolute atomic E-state index is 12.0. The zero-order chi connectivity index (χ0) is 16.4. The van der Waals surface area contributed by atoms with E-state index in [1.165, 1.54) is 24.3 Å². The first kappa shape index (κ1) is 17.2. The molecule has 1 unspecified atom stereocenters. The zero-order valence-corrected chi connectivity index (χ0v) is 13.8. The second-order valence-corrected chi connectivity index (χ2v) is 9.38. The highest BCUT2D eigenvalue weighted by Gasteiger charge is 2.29. The number of sulfone groups is 1. The number of amides is 1. The van der Waals surface area contributed by atoms with Crippen molar-refractivity contribution >= 4 is 37.4 Å². The summed E-state index contributed by atoms with van der Waals surface area (Å²) in [6.07, 6.45) is 0.342. The summed E-state index contributed by atoms with van der Waals surface area (Å²) in [6, 6.07) is 5.18. The van der Waals surface area contributed by atoms with E-state index in [-0.39, 0.29) is 21.4 Å². The molecule has 10 heteroatoms. The molecule has 22 heavy (non-hydrogen) atoms. The Bertz CT molecular complexity index is 776. The Labute approximate surface area is 134 Å². The van der Waals surface area contributed by atoms with E-state index < -0.39 is 38.4 Å². The van der Waals surface area contributed by atoms with Gasteiger partial charge >= 0.3 is 0 Å². The van der Waals surface area contributed by atoms with Crippen molar-refractivity contribution < 1.29 is 21.6 Å². The van der Waals surface area contributed by atoms with Gasteiger partial charge in [-0.25, -0.2) is 21.6 Å². The van der Waals surface area contributed by atoms with Crippen LogP contribution in [0.2, 0.25) is 5.02 Å². The molecule has 1 saturated heterocycles. The molecule has 2 rings (SSSR count). The Morgan fingerprint density at radius 1 is 1.36 bits per heavy atom. The summed E-state index contributed by atoms with van der Waals surface area (Å²) in [5.74, 6) is -0.654. The van der Waals surface area contributed by atoms with Gasteiger partial charge in [-0.15, -0.1) is 0 Å². The molecule has 0 aliphatic carbocycles. The summed E-state index contributed by atoms with van der Waals surface area (Å²) in [5, 5.41) is 2.77. The summed E-state index contributed by atoms with van der Waals surface area (Å²) >= 11 is 5.73. The van der Waals surface area contributed by atoms with Gasteiger partial charge in [-0.2, -0.15) is 0 Å². The Morgan fingerprint density at radius 3 is 2.68 bits per heavy atom. The van der Waals surface area contributed by atoms with Crippen LogP contribution in [0.5, 0.6) is 0 Å². The van der Waals surface area contributed by atoms with E-state index >= 15 is 0 Å². The van der Waals surface area contributed by atoms with E-state index in [1.54, 1.807) is 0 Å². The van der Waals surface area contributed by atoms with Crippen molar-refractivity contribution in [3.05, 3.63) is 29.3 Å². The molecule has 1 aliphatic heterocycles. The second-order valence-electron chi connectivity index (χ2n) is 4.95. The molecule has 1 aliphatic rings. The lowest BCUT2D eigenvalue weighted by atomic mass is 10.2. The van der Waals surface area contributed by atoms with Crippen LogP contribution < -0.4 is 10.0 Å². The average molecular weight is 367 g/mol. The van der Waals surface area contributed by atoms with Crippen LogP contribution in [0.4, 0.5) is 0 Å². The third-order valence-corrected chi connectivity index (χ3v) is 6.53. The van der Waals surface area contributed by atoms with Crippen LogP contribution >= 0.6 is 11.6 Å². The van der Waals surface area contributed by atoms with Gasteiger partial charge in [0.25, 0.3) is 0 Å². The molecule has 1 fully saturated rings. The predicted octanol–water partition coefficient (Wildman–Crippen LogP) is -0.0784. The van der Waals surface area contributed by atoms with E-state index in [0.717, 1.165) is 0 Å². The molecular weight excluding hydrogens is 352 g/mol. The van der Waals surface area contributed by atoms with Gasteiger partial charge in [-0.05, 0) is 24.6 Å². The zero-order valence-electron chi connectivity index (χ0n) is 11.5. The number of nitrogens with one attached hydrogen (secondary N) is 2. The summed E-state index contributed by atoms with van der Waals surface area (Å²) in [7, 11) is -6.95. The maximum atomic E-state index is 12.0. The van der Waals surface area contributed by atoms with E-state index in [2.05, 4.69) is 10.0 Å². The van der Waals surface area contributed by atoms with E-state index in [4.69, 9.17) is 11.6 Å². The maximum Gasteiger partial charge on any atom is 0.241 e. The first-order valence-electron chi connectivity index (χ1n) is 6.43. The monoisotopic (exact) mass is 366 g/mol. The Morgan fingerprint density at radius 2 is 2.09 bits per heavy atom. The van der Waals surface area contributed by atoms with Crippen LogP contribution in [0.25, 0.3) is 0 Å². The van der Waals surface area contributed by atoms with Gasteiger partial charge in [0.05, 0.1) is 22.9 Å². The average Bonchev–Trinajstić information content (AvgIpc) is 2.76. The fraction of sp³-hybridized carbons (Fsp3) is 0.417. The van der Waals surface area contributed by atoms with E-state index in [0.29, 0.717) is 6.42 Å². The van der Waals surface area contributed by atoms with Crippen molar-refractivity contribution in [3.63, 3.8) is 0 Å². The lowest BCUT2D eigenvalue weighted by Gasteiger charge is -2.11. The standard InChI is InChI=1S/C12H15ClN2O5S2/c13-9-2-1-3-11(6-9)22(19,20)14-7-12(16)15-10-4-5-21(17,18)8-10/h1-3,6,10,14H,4-5,7-8H2,(H,15,16). The molecule has 0 aromatic heterocycles. The van der Waals surface area contributed by atoms with Crippen molar-refractivity contribution in [1.29, 1.82) is 0 Å². The molecule has 0 radical (unpaired) electrons. The molecule has 1 aromatic carbocycles. The lowest BCUT2D eigenvalue weighted by Crippen LogP contribution is -2.42. The first-order chi connectivity index (χ1) is 10.2. The minimum atomic E-state index is -3.85. The molecule has 7 nitrogen and oxygen atoms in total. The normalized spacial score (nSPS) is 20.7. The molecule has 0 spiro atoms. The highest BCUT2D eigenvalue weighted by Crippen LogP contribution is 2.15. The SMILES string of the molecule is O=C(CNS(=O)(=O)c1cccc(Cl)c1)NC1CCS(=O)(=O)C1. The highest BCUT2D eigenvalue weighted by molar-refractivity contribution is 7.91. The predicted molar refractivity (Wildman–Crippen MR) is 81.8 cm³/mol. The number of hydrogen-bond acceptors (Lipinski definition) is 5. The van der Waals surface area contributed by atoms with Crippen molar-refractivity contribution in [2.24, 2.45) is 0 Å². The van der Waals surface area contributed by atoms with E-state index in [9.17, 15) is 21.6 Å². The van der Waals surface area contributed by atoms with Crippen LogP contribution in [0.15, 0.2) is 29.2 Å². The lowest BCUT2D eigenvalue weighted by molar-refractivity contribution is -0.120. The van der Waals surface area contributed by atoms with Gasteiger partial charge in [0.1, 0.15) is 0 Å². The van der Waals surface area contributed by atoms with Gasteiger partial charge in [0.2, 0.25) is 15.9 Å². The van der Waals surface area contributed by atoms with Gasteiger partial charge in [-0.1, -0.05) is 17.7 Å². The summed E-state index contributed by atoms with van der Waals surface area (Å²) < 4.78 is 48.7. The Hall–Kier alpha value is -1.16. The van der Waals surface area contributed by atoms with Crippen LogP contribution in [0.1, 0.15) is 6.42 Å². The van der Waals surface area contributed by atoms with Crippen molar-refractivity contribution in [2.45, 2.75) is 17.4 Å². The summed E-state index contributed by atoms with van der Waals surface area (Å²) in [5.41, 5.74) is 0. The Kier molecular flexibility index (Phi) is 5.10. The van der Waals surface area contributed by atoms with Crippen molar-refractivity contribution in [2.75, 3.05) is 18.1 Å². The second kappa shape index (κ2) is 6.53. The van der Waals surface area contributed by atoms with Crippen LogP contribution in [0, 0.1) is 0 Å². The third kappa shape index (κ3) is 4.67. The fourth-order valence-corrected chi connectivity index (χ4v) is 5.02. The number of rotatable bonds is 5. The largest absolute Gasteiger partial charge is 0.351 e. The molecule has 1 aromatic rings. The van der Waals surface area contributed by atoms with Crippen LogP contribution in [0.3, 0.4) is 0 Å². The van der Waals surface area contributed by atoms with Gasteiger partial charge in [-0.3, -0.25) is 4.79 Å². The molecule has 122 valence electrons. The van der Waals surface area contributed by atoms with Gasteiger partial charge in [0, 0.05) is 11.1 Å². The smallest absolute Gasteiger partial charge is 0.241 e. The number of benzene rings is 1. The highest BCUT2D eigenvalue weighted by atomic mass is 35.5. The van der Waals surface area contributed by atoms with Crippen molar-refractivity contribution in [3.8, 4) is 0 Å². The number of halogens is 1. The number of hydrogen-bond donors (Lipinski definition) is 2. The molecule has 2 N–H and O–H groups in total. The Balaban J connectivity index is 1.91. The molecule has 1 amide bonds. The van der Waals surface area contributed by atoms with E-state index in [1.807, 2.05) is 0 Å².